The van der Waals surface area contributed by atoms with Gasteiger partial charge < -0.3 is 5.32 Å². The Morgan fingerprint density at radius 3 is 2.18 bits per heavy atom. The van der Waals surface area contributed by atoms with Crippen molar-refractivity contribution in [3.8, 4) is 0 Å². The van der Waals surface area contributed by atoms with Crippen LogP contribution in [0.4, 0.5) is 4.39 Å². The fourth-order valence-corrected chi connectivity index (χ4v) is 2.58. The second-order valence-corrected chi connectivity index (χ2v) is 7.82. The van der Waals surface area contributed by atoms with Crippen molar-refractivity contribution in [1.82, 2.24) is 5.32 Å². The molecule has 0 aliphatic heterocycles. The highest BCUT2D eigenvalue weighted by molar-refractivity contribution is 7.86. The quantitative estimate of drug-likeness (QED) is 0.506. The van der Waals surface area contributed by atoms with Crippen LogP contribution in [0.25, 0.3) is 0 Å². The lowest BCUT2D eigenvalue weighted by Gasteiger charge is -2.17. The minimum atomic E-state index is -3.71. The maximum atomic E-state index is 12.9. The molecule has 0 aliphatic rings. The number of hydrogen-bond donors (Lipinski definition) is 1. The normalized spacial score (nSPS) is 14.0. The van der Waals surface area contributed by atoms with Gasteiger partial charge in [0, 0.05) is 13.1 Å². The van der Waals surface area contributed by atoms with Crippen molar-refractivity contribution in [1.29, 1.82) is 0 Å². The summed E-state index contributed by atoms with van der Waals surface area (Å²) < 4.78 is 66.5. The zero-order valence-corrected chi connectivity index (χ0v) is 13.8. The van der Waals surface area contributed by atoms with Crippen molar-refractivity contribution in [2.24, 2.45) is 0 Å². The Morgan fingerprint density at radius 2 is 1.68 bits per heavy atom. The van der Waals surface area contributed by atoms with Gasteiger partial charge in [-0.15, -0.1) is 0 Å². The summed E-state index contributed by atoms with van der Waals surface area (Å²) in [5.74, 6) is -0.448. The Morgan fingerprint density at radius 1 is 1.09 bits per heavy atom. The molecule has 0 aromatic heterocycles. The van der Waals surface area contributed by atoms with E-state index in [1.165, 1.54) is 24.3 Å². The molecule has 22 heavy (non-hydrogen) atoms. The molecule has 10 heteroatoms. The number of rotatable bonds is 9. The van der Waals surface area contributed by atoms with Crippen LogP contribution in [0, 0.1) is 5.82 Å². The van der Waals surface area contributed by atoms with E-state index in [2.05, 4.69) is 9.50 Å². The molecular formula is C12H18FNO6S2. The van der Waals surface area contributed by atoms with E-state index in [0.29, 0.717) is 5.56 Å². The SMILES string of the molecule is CS(=O)(=O)OCCNCC(OS(C)(=O)=O)c1ccc(F)cc1. The molecular weight excluding hydrogens is 337 g/mol. The molecule has 0 amide bonds. The zero-order valence-electron chi connectivity index (χ0n) is 12.2. The smallest absolute Gasteiger partial charge is 0.265 e. The topological polar surface area (TPSA) is 98.8 Å². The minimum absolute atomic E-state index is 0.0891. The first-order valence-electron chi connectivity index (χ1n) is 6.26. The first-order valence-corrected chi connectivity index (χ1v) is 9.89. The first-order chi connectivity index (χ1) is 10.1. The molecule has 7 nitrogen and oxygen atoms in total. The summed E-state index contributed by atoms with van der Waals surface area (Å²) in [5.41, 5.74) is 0.475. The van der Waals surface area contributed by atoms with E-state index < -0.39 is 32.2 Å². The fraction of sp³-hybridized carbons (Fsp3) is 0.500. The van der Waals surface area contributed by atoms with Crippen LogP contribution in [-0.4, -0.2) is 49.0 Å². The van der Waals surface area contributed by atoms with E-state index in [0.717, 1.165) is 12.5 Å². The van der Waals surface area contributed by atoms with Crippen molar-refractivity contribution in [2.75, 3.05) is 32.2 Å². The van der Waals surface area contributed by atoms with E-state index in [1.54, 1.807) is 0 Å². The average molecular weight is 355 g/mol. The fourth-order valence-electron chi connectivity index (χ4n) is 1.59. The Labute approximate surface area is 129 Å². The standard InChI is InChI=1S/C12H18FNO6S2/c1-21(15,16)19-8-7-14-9-12(20-22(2,17)18)10-3-5-11(13)6-4-10/h3-6,12,14H,7-9H2,1-2H3. The largest absolute Gasteiger partial charge is 0.311 e. The summed E-state index contributed by atoms with van der Waals surface area (Å²) in [7, 11) is -7.23. The highest BCUT2D eigenvalue weighted by Crippen LogP contribution is 2.19. The third-order valence-electron chi connectivity index (χ3n) is 2.44. The van der Waals surface area contributed by atoms with Gasteiger partial charge in [0.25, 0.3) is 20.2 Å². The van der Waals surface area contributed by atoms with E-state index in [-0.39, 0.29) is 19.7 Å². The van der Waals surface area contributed by atoms with Gasteiger partial charge in [0.15, 0.2) is 0 Å². The number of nitrogens with one attached hydrogen (secondary N) is 1. The summed E-state index contributed by atoms with van der Waals surface area (Å²) in [4.78, 5) is 0. The summed E-state index contributed by atoms with van der Waals surface area (Å²) in [6, 6.07) is 5.22. The van der Waals surface area contributed by atoms with Gasteiger partial charge in [0.05, 0.1) is 19.1 Å². The molecule has 0 bridgehead atoms. The molecule has 0 saturated heterocycles. The molecule has 126 valence electrons. The number of halogens is 1. The molecule has 0 aliphatic carbocycles. The maximum absolute atomic E-state index is 12.9. The first kappa shape index (κ1) is 19.0. The third-order valence-corrected chi connectivity index (χ3v) is 3.62. The van der Waals surface area contributed by atoms with E-state index in [4.69, 9.17) is 4.18 Å². The Bertz CT molecular complexity index is 672. The van der Waals surface area contributed by atoms with Gasteiger partial charge >= 0.3 is 0 Å². The van der Waals surface area contributed by atoms with Crippen LogP contribution in [0.5, 0.6) is 0 Å². The van der Waals surface area contributed by atoms with Crippen molar-refractivity contribution in [3.05, 3.63) is 35.6 Å². The van der Waals surface area contributed by atoms with Crippen molar-refractivity contribution < 1.29 is 29.6 Å². The van der Waals surface area contributed by atoms with E-state index in [1.807, 2.05) is 0 Å². The number of benzene rings is 1. The third kappa shape index (κ3) is 8.39. The summed E-state index contributed by atoms with van der Waals surface area (Å²) >= 11 is 0. The molecule has 0 radical (unpaired) electrons. The van der Waals surface area contributed by atoms with Crippen molar-refractivity contribution >= 4 is 20.2 Å². The van der Waals surface area contributed by atoms with Gasteiger partial charge in [-0.1, -0.05) is 12.1 Å². The van der Waals surface area contributed by atoms with Gasteiger partial charge in [0.2, 0.25) is 0 Å². The van der Waals surface area contributed by atoms with Gasteiger partial charge in [-0.05, 0) is 17.7 Å². The molecule has 0 heterocycles. The second-order valence-electron chi connectivity index (χ2n) is 4.57. The van der Waals surface area contributed by atoms with Crippen molar-refractivity contribution in [3.63, 3.8) is 0 Å². The Balaban J connectivity index is 2.61. The van der Waals surface area contributed by atoms with Crippen LogP contribution in [0.3, 0.4) is 0 Å². The lowest BCUT2D eigenvalue weighted by atomic mass is 10.1. The van der Waals surface area contributed by atoms with Crippen LogP contribution in [0.2, 0.25) is 0 Å². The second kappa shape index (κ2) is 7.97. The van der Waals surface area contributed by atoms with Crippen LogP contribution in [0.15, 0.2) is 24.3 Å². The number of hydrogen-bond acceptors (Lipinski definition) is 7. The maximum Gasteiger partial charge on any atom is 0.265 e. The minimum Gasteiger partial charge on any atom is -0.311 e. The van der Waals surface area contributed by atoms with E-state index in [9.17, 15) is 21.2 Å². The molecule has 1 unspecified atom stereocenters. The van der Waals surface area contributed by atoms with Crippen LogP contribution >= 0.6 is 0 Å². The molecule has 1 N–H and O–H groups in total. The highest BCUT2D eigenvalue weighted by Gasteiger charge is 2.17. The predicted octanol–water partition coefficient (Wildman–Crippen LogP) is 0.409. The lowest BCUT2D eigenvalue weighted by molar-refractivity contribution is 0.207. The monoisotopic (exact) mass is 355 g/mol. The molecule has 1 atom stereocenters. The van der Waals surface area contributed by atoms with Gasteiger partial charge in [-0.3, -0.25) is 8.37 Å². The molecule has 0 spiro atoms. The van der Waals surface area contributed by atoms with Crippen molar-refractivity contribution in [2.45, 2.75) is 6.10 Å². The Kier molecular flexibility index (Phi) is 6.88. The Hall–Kier alpha value is -1.07. The van der Waals surface area contributed by atoms with Gasteiger partial charge in [0.1, 0.15) is 11.9 Å². The van der Waals surface area contributed by atoms with Crippen LogP contribution in [-0.2, 0) is 28.6 Å². The average Bonchev–Trinajstić information content (AvgIpc) is 2.35. The summed E-state index contributed by atoms with van der Waals surface area (Å²) in [6.07, 6.45) is 0.992. The molecule has 0 fully saturated rings. The molecule has 1 aromatic rings. The van der Waals surface area contributed by atoms with Gasteiger partial charge in [-0.25, -0.2) is 4.39 Å². The van der Waals surface area contributed by atoms with Crippen LogP contribution in [0.1, 0.15) is 11.7 Å². The molecule has 0 saturated carbocycles. The molecule has 1 aromatic carbocycles. The highest BCUT2D eigenvalue weighted by atomic mass is 32.2. The summed E-state index contributed by atoms with van der Waals surface area (Å²) in [5, 5.41) is 2.82. The molecule has 1 rings (SSSR count). The van der Waals surface area contributed by atoms with Crippen LogP contribution < -0.4 is 5.32 Å². The summed E-state index contributed by atoms with van der Waals surface area (Å²) in [6.45, 7) is 0.178. The zero-order chi connectivity index (χ0) is 16.8. The van der Waals surface area contributed by atoms with Gasteiger partial charge in [-0.2, -0.15) is 16.8 Å². The lowest BCUT2D eigenvalue weighted by Crippen LogP contribution is -2.28. The predicted molar refractivity (Wildman–Crippen MR) is 78.7 cm³/mol. The van der Waals surface area contributed by atoms with E-state index >= 15 is 0 Å².